The number of hydrogen-bond donors (Lipinski definition) is 3. The van der Waals surface area contributed by atoms with E-state index in [0.717, 1.165) is 19.5 Å². The number of aliphatic carboxylic acids is 1. The molecule has 2 heterocycles. The Morgan fingerprint density at radius 3 is 2.86 bits per heavy atom. The van der Waals surface area contributed by atoms with Gasteiger partial charge in [-0.1, -0.05) is 0 Å². The molecule has 21 heavy (non-hydrogen) atoms. The van der Waals surface area contributed by atoms with E-state index in [1.54, 1.807) is 12.1 Å². The van der Waals surface area contributed by atoms with Crippen LogP contribution < -0.4 is 10.6 Å². The van der Waals surface area contributed by atoms with Crippen LogP contribution in [0.25, 0.3) is 0 Å². The maximum absolute atomic E-state index is 11.8. The zero-order valence-corrected chi connectivity index (χ0v) is 12.0. The number of pyridine rings is 1. The SMILES string of the molecule is CN1CCC(CNC(=O)Nc2ccc(CC(=O)O)nc2)C1. The molecule has 1 aromatic heterocycles. The zero-order chi connectivity index (χ0) is 15.2. The van der Waals surface area contributed by atoms with E-state index in [-0.39, 0.29) is 12.5 Å². The number of aromatic nitrogens is 1. The van der Waals surface area contributed by atoms with Gasteiger partial charge in [0, 0.05) is 13.1 Å². The summed E-state index contributed by atoms with van der Waals surface area (Å²) in [4.78, 5) is 28.5. The second kappa shape index (κ2) is 7.03. The molecule has 3 N–H and O–H groups in total. The molecular weight excluding hydrogens is 272 g/mol. The minimum absolute atomic E-state index is 0.123. The van der Waals surface area contributed by atoms with Gasteiger partial charge >= 0.3 is 12.0 Å². The van der Waals surface area contributed by atoms with Gasteiger partial charge in [-0.15, -0.1) is 0 Å². The molecule has 1 unspecified atom stereocenters. The largest absolute Gasteiger partial charge is 0.481 e. The summed E-state index contributed by atoms with van der Waals surface area (Å²) >= 11 is 0. The topological polar surface area (TPSA) is 94.6 Å². The van der Waals surface area contributed by atoms with Crippen LogP contribution in [0, 0.1) is 5.92 Å². The molecule has 0 radical (unpaired) electrons. The van der Waals surface area contributed by atoms with Crippen LogP contribution in [-0.4, -0.2) is 53.7 Å². The Morgan fingerprint density at radius 2 is 2.29 bits per heavy atom. The molecule has 2 rings (SSSR count). The second-order valence-electron chi connectivity index (χ2n) is 5.36. The van der Waals surface area contributed by atoms with Crippen LogP contribution >= 0.6 is 0 Å². The van der Waals surface area contributed by atoms with Gasteiger partial charge in [-0.2, -0.15) is 0 Å². The van der Waals surface area contributed by atoms with Crippen molar-refractivity contribution in [2.45, 2.75) is 12.8 Å². The van der Waals surface area contributed by atoms with Crippen LogP contribution in [0.2, 0.25) is 0 Å². The van der Waals surface area contributed by atoms with Crippen molar-refractivity contribution in [3.63, 3.8) is 0 Å². The molecule has 1 aromatic rings. The third-order valence-electron chi connectivity index (χ3n) is 3.46. The lowest BCUT2D eigenvalue weighted by atomic mass is 10.1. The number of amides is 2. The lowest BCUT2D eigenvalue weighted by Gasteiger charge is -2.12. The van der Waals surface area contributed by atoms with Gasteiger partial charge in [-0.25, -0.2) is 4.79 Å². The van der Waals surface area contributed by atoms with E-state index in [9.17, 15) is 9.59 Å². The summed E-state index contributed by atoms with van der Waals surface area (Å²) in [5.41, 5.74) is 1.01. The number of carboxylic acid groups (broad SMARTS) is 1. The van der Waals surface area contributed by atoms with Crippen molar-refractivity contribution in [3.05, 3.63) is 24.0 Å². The number of rotatable bonds is 5. The van der Waals surface area contributed by atoms with Gasteiger partial charge in [0.05, 0.1) is 24.0 Å². The van der Waals surface area contributed by atoms with Gasteiger partial charge < -0.3 is 20.6 Å². The molecule has 7 nitrogen and oxygen atoms in total. The van der Waals surface area contributed by atoms with E-state index in [1.165, 1.54) is 6.20 Å². The molecule has 0 saturated carbocycles. The van der Waals surface area contributed by atoms with Gasteiger partial charge in [0.25, 0.3) is 0 Å². The monoisotopic (exact) mass is 292 g/mol. The number of carbonyl (C=O) groups excluding carboxylic acids is 1. The molecule has 0 aliphatic carbocycles. The molecule has 1 aliphatic rings. The van der Waals surface area contributed by atoms with Gasteiger partial charge in [0.15, 0.2) is 0 Å². The third kappa shape index (κ3) is 5.03. The normalized spacial score (nSPS) is 18.4. The number of hydrogen-bond acceptors (Lipinski definition) is 4. The molecule has 0 bridgehead atoms. The average Bonchev–Trinajstić information content (AvgIpc) is 2.84. The second-order valence-corrected chi connectivity index (χ2v) is 5.36. The highest BCUT2D eigenvalue weighted by Crippen LogP contribution is 2.13. The Bertz CT molecular complexity index is 503. The first-order valence-electron chi connectivity index (χ1n) is 6.93. The summed E-state index contributed by atoms with van der Waals surface area (Å²) in [5.74, 6) is -0.431. The number of urea groups is 1. The lowest BCUT2D eigenvalue weighted by Crippen LogP contribution is -2.33. The van der Waals surface area contributed by atoms with Crippen molar-refractivity contribution >= 4 is 17.7 Å². The van der Waals surface area contributed by atoms with Gasteiger partial charge in [-0.05, 0) is 38.1 Å². The van der Waals surface area contributed by atoms with Crippen LogP contribution in [0.5, 0.6) is 0 Å². The minimum Gasteiger partial charge on any atom is -0.481 e. The summed E-state index contributed by atoms with van der Waals surface area (Å²) in [6.07, 6.45) is 2.44. The minimum atomic E-state index is -0.928. The number of carbonyl (C=O) groups is 2. The molecule has 1 atom stereocenters. The average molecular weight is 292 g/mol. The number of anilines is 1. The van der Waals surface area contributed by atoms with Crippen LogP contribution in [0.3, 0.4) is 0 Å². The molecular formula is C14H20N4O3. The van der Waals surface area contributed by atoms with Gasteiger partial charge in [0.1, 0.15) is 0 Å². The quantitative estimate of drug-likeness (QED) is 0.745. The van der Waals surface area contributed by atoms with Crippen molar-refractivity contribution in [1.29, 1.82) is 0 Å². The molecule has 2 amide bonds. The molecule has 114 valence electrons. The summed E-state index contributed by atoms with van der Waals surface area (Å²) in [5, 5.41) is 14.2. The van der Waals surface area contributed by atoms with Crippen molar-refractivity contribution in [1.82, 2.24) is 15.2 Å². The molecule has 1 fully saturated rings. The number of nitrogens with one attached hydrogen (secondary N) is 2. The standard InChI is InChI=1S/C14H20N4O3/c1-18-5-4-10(9-18)7-16-14(21)17-12-3-2-11(15-8-12)6-13(19)20/h2-3,8,10H,4-7,9H2,1H3,(H,19,20)(H2,16,17,21). The zero-order valence-electron chi connectivity index (χ0n) is 12.0. The van der Waals surface area contributed by atoms with Crippen molar-refractivity contribution in [3.8, 4) is 0 Å². The fraction of sp³-hybridized carbons (Fsp3) is 0.500. The van der Waals surface area contributed by atoms with Crippen LogP contribution in [0.15, 0.2) is 18.3 Å². The van der Waals surface area contributed by atoms with Crippen LogP contribution in [0.4, 0.5) is 10.5 Å². The van der Waals surface area contributed by atoms with Crippen molar-refractivity contribution in [2.75, 3.05) is 32.0 Å². The maximum atomic E-state index is 11.8. The van der Waals surface area contributed by atoms with E-state index < -0.39 is 5.97 Å². The molecule has 1 aliphatic heterocycles. The Labute approximate surface area is 123 Å². The van der Waals surface area contributed by atoms with Crippen LogP contribution in [-0.2, 0) is 11.2 Å². The molecule has 0 aromatic carbocycles. The lowest BCUT2D eigenvalue weighted by molar-refractivity contribution is -0.136. The first kappa shape index (κ1) is 15.2. The first-order valence-corrected chi connectivity index (χ1v) is 6.93. The fourth-order valence-corrected chi connectivity index (χ4v) is 2.36. The van der Waals surface area contributed by atoms with E-state index in [4.69, 9.17) is 5.11 Å². The van der Waals surface area contributed by atoms with Crippen molar-refractivity contribution in [2.24, 2.45) is 5.92 Å². The van der Waals surface area contributed by atoms with Crippen molar-refractivity contribution < 1.29 is 14.7 Å². The Hall–Kier alpha value is -2.15. The Kier molecular flexibility index (Phi) is 5.10. The maximum Gasteiger partial charge on any atom is 0.319 e. The smallest absolute Gasteiger partial charge is 0.319 e. The highest BCUT2D eigenvalue weighted by atomic mass is 16.4. The number of carboxylic acids is 1. The Morgan fingerprint density at radius 1 is 1.48 bits per heavy atom. The van der Waals surface area contributed by atoms with E-state index in [2.05, 4.69) is 27.6 Å². The highest BCUT2D eigenvalue weighted by Gasteiger charge is 2.19. The third-order valence-corrected chi connectivity index (χ3v) is 3.46. The number of nitrogens with zero attached hydrogens (tertiary/aromatic N) is 2. The highest BCUT2D eigenvalue weighted by molar-refractivity contribution is 5.89. The summed E-state index contributed by atoms with van der Waals surface area (Å²) in [6, 6.07) is 2.97. The van der Waals surface area contributed by atoms with Gasteiger partial charge in [-0.3, -0.25) is 9.78 Å². The number of likely N-dealkylation sites (tertiary alicyclic amines) is 1. The Balaban J connectivity index is 1.75. The van der Waals surface area contributed by atoms with E-state index in [1.807, 2.05) is 0 Å². The fourth-order valence-electron chi connectivity index (χ4n) is 2.36. The van der Waals surface area contributed by atoms with Crippen LogP contribution in [0.1, 0.15) is 12.1 Å². The predicted molar refractivity (Wildman–Crippen MR) is 78.2 cm³/mol. The molecule has 0 spiro atoms. The molecule has 1 saturated heterocycles. The van der Waals surface area contributed by atoms with E-state index in [0.29, 0.717) is 23.8 Å². The summed E-state index contributed by atoms with van der Waals surface area (Å²) < 4.78 is 0. The molecule has 7 heteroatoms. The van der Waals surface area contributed by atoms with Gasteiger partial charge in [0.2, 0.25) is 0 Å². The predicted octanol–water partition coefficient (Wildman–Crippen LogP) is 0.782. The van der Waals surface area contributed by atoms with E-state index >= 15 is 0 Å². The summed E-state index contributed by atoms with van der Waals surface area (Å²) in [7, 11) is 2.07. The first-order chi connectivity index (χ1) is 10.0. The summed E-state index contributed by atoms with van der Waals surface area (Å²) in [6.45, 7) is 2.73.